The second kappa shape index (κ2) is 7.72. The van der Waals surface area contributed by atoms with Crippen molar-refractivity contribution in [2.24, 2.45) is 0 Å². The summed E-state index contributed by atoms with van der Waals surface area (Å²) in [5.41, 5.74) is 0.346. The van der Waals surface area contributed by atoms with E-state index in [1.165, 1.54) is 42.7 Å². The van der Waals surface area contributed by atoms with Crippen molar-refractivity contribution < 1.29 is 14.7 Å². The summed E-state index contributed by atoms with van der Waals surface area (Å²) in [7, 11) is 0. The van der Waals surface area contributed by atoms with E-state index in [2.05, 4.69) is 10.4 Å². The van der Waals surface area contributed by atoms with E-state index in [9.17, 15) is 9.59 Å². The molecule has 0 aliphatic heterocycles. The van der Waals surface area contributed by atoms with Crippen molar-refractivity contribution in [1.29, 1.82) is 0 Å². The van der Waals surface area contributed by atoms with Crippen LogP contribution >= 0.6 is 23.4 Å². The highest BCUT2D eigenvalue weighted by molar-refractivity contribution is 7.99. The van der Waals surface area contributed by atoms with E-state index < -0.39 is 11.5 Å². The lowest BCUT2D eigenvalue weighted by Gasteiger charge is -2.19. The number of carbonyl (C=O) groups is 2. The van der Waals surface area contributed by atoms with Crippen molar-refractivity contribution in [2.75, 3.05) is 11.1 Å². The van der Waals surface area contributed by atoms with E-state index in [1.54, 1.807) is 6.07 Å². The highest BCUT2D eigenvalue weighted by Gasteiger charge is 2.30. The predicted octanol–water partition coefficient (Wildman–Crippen LogP) is 3.23. The van der Waals surface area contributed by atoms with Crippen LogP contribution in [0.5, 0.6) is 0 Å². The van der Waals surface area contributed by atoms with Gasteiger partial charge in [-0.25, -0.2) is 4.79 Å². The molecule has 0 spiro atoms. The Morgan fingerprint density at radius 2 is 2.17 bits per heavy atom. The van der Waals surface area contributed by atoms with Gasteiger partial charge in [0.15, 0.2) is 5.54 Å². The van der Waals surface area contributed by atoms with E-state index >= 15 is 0 Å². The molecule has 0 aliphatic carbocycles. The Labute approximate surface area is 149 Å². The van der Waals surface area contributed by atoms with Crippen molar-refractivity contribution in [1.82, 2.24) is 9.78 Å². The zero-order valence-electron chi connectivity index (χ0n) is 13.3. The first-order chi connectivity index (χ1) is 11.3. The molecule has 0 unspecified atom stereocenters. The number of amides is 1. The van der Waals surface area contributed by atoms with E-state index in [-0.39, 0.29) is 11.7 Å². The Bertz CT molecular complexity index is 746. The number of halogens is 1. The molecular formula is C16H18ClN3O3S. The first kappa shape index (κ1) is 18.4. The van der Waals surface area contributed by atoms with E-state index in [4.69, 9.17) is 16.7 Å². The number of carboxylic acid groups (broad SMARTS) is 1. The molecule has 0 bridgehead atoms. The standard InChI is InChI=1S/C16H18ClN3O3S/c1-16(2,15(22)23)20-8-13(7-18-20)19-14(21)10-24-9-11-4-3-5-12(17)6-11/h3-8H,9-10H2,1-2H3,(H,19,21)(H,22,23). The third-order valence-corrected chi connectivity index (χ3v) is 4.59. The fraction of sp³-hybridized carbons (Fsp3) is 0.312. The van der Waals surface area contributed by atoms with Gasteiger partial charge in [0, 0.05) is 17.0 Å². The lowest BCUT2D eigenvalue weighted by Crippen LogP contribution is -2.35. The van der Waals surface area contributed by atoms with Gasteiger partial charge in [-0.15, -0.1) is 11.8 Å². The monoisotopic (exact) mass is 367 g/mol. The van der Waals surface area contributed by atoms with Crippen molar-refractivity contribution in [2.45, 2.75) is 25.1 Å². The third-order valence-electron chi connectivity index (χ3n) is 3.35. The van der Waals surface area contributed by atoms with Gasteiger partial charge in [-0.2, -0.15) is 5.10 Å². The number of hydrogen-bond donors (Lipinski definition) is 2. The summed E-state index contributed by atoms with van der Waals surface area (Å²) in [5, 5.41) is 16.5. The number of anilines is 1. The Morgan fingerprint density at radius 3 is 2.83 bits per heavy atom. The Morgan fingerprint density at radius 1 is 1.42 bits per heavy atom. The van der Waals surface area contributed by atoms with Crippen LogP contribution in [-0.2, 0) is 20.9 Å². The number of aliphatic carboxylic acids is 1. The summed E-state index contributed by atoms with van der Waals surface area (Å²) in [6, 6.07) is 7.49. The molecule has 1 heterocycles. The average molecular weight is 368 g/mol. The molecule has 2 rings (SSSR count). The maximum absolute atomic E-state index is 12.0. The van der Waals surface area contributed by atoms with Crippen LogP contribution in [-0.4, -0.2) is 32.5 Å². The van der Waals surface area contributed by atoms with Gasteiger partial charge in [0.05, 0.1) is 17.6 Å². The number of hydrogen-bond acceptors (Lipinski definition) is 4. The minimum Gasteiger partial charge on any atom is -0.479 e. The maximum atomic E-state index is 12.0. The molecule has 24 heavy (non-hydrogen) atoms. The first-order valence-electron chi connectivity index (χ1n) is 7.19. The number of rotatable bonds is 7. The number of nitrogens with zero attached hydrogens (tertiary/aromatic N) is 2. The van der Waals surface area contributed by atoms with Crippen molar-refractivity contribution in [3.05, 3.63) is 47.2 Å². The van der Waals surface area contributed by atoms with Crippen LogP contribution in [0.15, 0.2) is 36.7 Å². The number of nitrogens with one attached hydrogen (secondary N) is 1. The second-order valence-electron chi connectivity index (χ2n) is 5.71. The van der Waals surface area contributed by atoms with Crippen LogP contribution in [0.3, 0.4) is 0 Å². The molecule has 0 saturated carbocycles. The zero-order valence-corrected chi connectivity index (χ0v) is 14.9. The van der Waals surface area contributed by atoms with Gasteiger partial charge >= 0.3 is 5.97 Å². The van der Waals surface area contributed by atoms with Crippen LogP contribution in [0.1, 0.15) is 19.4 Å². The average Bonchev–Trinajstić information content (AvgIpc) is 2.96. The van der Waals surface area contributed by atoms with E-state index in [1.807, 2.05) is 18.2 Å². The highest BCUT2D eigenvalue weighted by Crippen LogP contribution is 2.19. The fourth-order valence-corrected chi connectivity index (χ4v) is 2.86. The van der Waals surface area contributed by atoms with Crippen LogP contribution in [0.2, 0.25) is 5.02 Å². The molecule has 1 aromatic carbocycles. The second-order valence-corrected chi connectivity index (χ2v) is 7.13. The molecule has 1 aromatic heterocycles. The predicted molar refractivity (Wildman–Crippen MR) is 95.4 cm³/mol. The lowest BCUT2D eigenvalue weighted by molar-refractivity contribution is -0.146. The smallest absolute Gasteiger partial charge is 0.331 e. The van der Waals surface area contributed by atoms with Crippen LogP contribution < -0.4 is 5.32 Å². The van der Waals surface area contributed by atoms with E-state index in [0.717, 1.165) is 5.56 Å². The van der Waals surface area contributed by atoms with Crippen LogP contribution in [0.4, 0.5) is 5.69 Å². The molecule has 0 atom stereocenters. The quantitative estimate of drug-likeness (QED) is 0.784. The van der Waals surface area contributed by atoms with Crippen LogP contribution in [0.25, 0.3) is 0 Å². The van der Waals surface area contributed by atoms with Crippen molar-refractivity contribution in [3.63, 3.8) is 0 Å². The molecule has 1 amide bonds. The molecule has 0 aliphatic rings. The van der Waals surface area contributed by atoms with Gasteiger partial charge in [0.2, 0.25) is 5.91 Å². The summed E-state index contributed by atoms with van der Waals surface area (Å²) < 4.78 is 1.31. The zero-order chi connectivity index (χ0) is 17.7. The maximum Gasteiger partial charge on any atom is 0.331 e. The fourth-order valence-electron chi connectivity index (χ4n) is 1.88. The summed E-state index contributed by atoms with van der Waals surface area (Å²) >= 11 is 7.38. The molecule has 0 fully saturated rings. The number of carbonyl (C=O) groups excluding carboxylic acids is 1. The Kier molecular flexibility index (Phi) is 5.90. The molecule has 0 radical (unpaired) electrons. The summed E-state index contributed by atoms with van der Waals surface area (Å²) in [6.45, 7) is 3.07. The summed E-state index contributed by atoms with van der Waals surface area (Å²) in [6.07, 6.45) is 2.94. The number of thioether (sulfide) groups is 1. The van der Waals surface area contributed by atoms with Crippen LogP contribution in [0, 0.1) is 0 Å². The van der Waals surface area contributed by atoms with Gasteiger partial charge < -0.3 is 10.4 Å². The molecule has 0 saturated heterocycles. The summed E-state index contributed by atoms with van der Waals surface area (Å²) in [5.74, 6) is -0.213. The molecule has 8 heteroatoms. The number of carboxylic acids is 1. The molecule has 2 N–H and O–H groups in total. The Balaban J connectivity index is 1.85. The topological polar surface area (TPSA) is 84.2 Å². The van der Waals surface area contributed by atoms with Crippen molar-refractivity contribution in [3.8, 4) is 0 Å². The van der Waals surface area contributed by atoms with Gasteiger partial charge in [-0.3, -0.25) is 9.48 Å². The Hall–Kier alpha value is -1.99. The SMILES string of the molecule is CC(C)(C(=O)O)n1cc(NC(=O)CSCc2cccc(Cl)c2)cn1. The first-order valence-corrected chi connectivity index (χ1v) is 8.73. The van der Waals surface area contributed by atoms with Gasteiger partial charge in [0.25, 0.3) is 0 Å². The minimum atomic E-state index is -1.18. The largest absolute Gasteiger partial charge is 0.479 e. The molecular weight excluding hydrogens is 350 g/mol. The normalized spacial score (nSPS) is 11.3. The number of benzene rings is 1. The van der Waals surface area contributed by atoms with Gasteiger partial charge in [0.1, 0.15) is 0 Å². The third kappa shape index (κ3) is 4.75. The molecule has 6 nitrogen and oxygen atoms in total. The lowest BCUT2D eigenvalue weighted by atomic mass is 10.1. The minimum absolute atomic E-state index is 0.172. The summed E-state index contributed by atoms with van der Waals surface area (Å²) in [4.78, 5) is 23.1. The molecule has 128 valence electrons. The number of aromatic nitrogens is 2. The highest BCUT2D eigenvalue weighted by atomic mass is 35.5. The van der Waals surface area contributed by atoms with Gasteiger partial charge in [-0.1, -0.05) is 23.7 Å². The van der Waals surface area contributed by atoms with E-state index in [0.29, 0.717) is 16.5 Å². The molecule has 2 aromatic rings. The van der Waals surface area contributed by atoms with Crippen molar-refractivity contribution >= 4 is 40.9 Å². The van der Waals surface area contributed by atoms with Gasteiger partial charge in [-0.05, 0) is 31.5 Å².